The predicted octanol–water partition coefficient (Wildman–Crippen LogP) is 3.05. The number of allylic oxidation sites excluding steroid dienone is 8. The number of nitrogens with zero attached hydrogens (tertiary/aromatic N) is 4. The fraction of sp³-hybridized carbons (Fsp3) is 0.188. The lowest BCUT2D eigenvalue weighted by atomic mass is 10.1. The molecule has 0 N–H and O–H groups in total. The number of aromatic nitrogens is 4. The van der Waals surface area contributed by atoms with Gasteiger partial charge in [-0.25, -0.2) is 15.0 Å². The van der Waals surface area contributed by atoms with Crippen LogP contribution in [0.25, 0.3) is 16.7 Å². The summed E-state index contributed by atoms with van der Waals surface area (Å²) in [5.41, 5.74) is 3.65. The highest BCUT2D eigenvalue weighted by atomic mass is 15.1. The molecule has 100 valence electrons. The van der Waals surface area contributed by atoms with Crippen LogP contribution in [0.5, 0.6) is 0 Å². The molecule has 0 bridgehead atoms. The summed E-state index contributed by atoms with van der Waals surface area (Å²) in [5.74, 6) is 1.69. The van der Waals surface area contributed by atoms with Crippen molar-refractivity contribution in [3.05, 3.63) is 59.9 Å². The molecule has 0 aromatic carbocycles. The van der Waals surface area contributed by atoms with Crippen LogP contribution >= 0.6 is 0 Å². The quantitative estimate of drug-likeness (QED) is 0.795. The fourth-order valence-electron chi connectivity index (χ4n) is 2.20. The fourth-order valence-corrected chi connectivity index (χ4v) is 2.20. The number of fused-ring (bicyclic) bond motifs is 1. The first kappa shape index (κ1) is 12.5. The highest BCUT2D eigenvalue weighted by molar-refractivity contribution is 5.89. The molecule has 2 aromatic rings. The van der Waals surface area contributed by atoms with Crippen molar-refractivity contribution in [3.8, 4) is 0 Å². The summed E-state index contributed by atoms with van der Waals surface area (Å²) in [6.45, 7) is 3.89. The third-order valence-corrected chi connectivity index (χ3v) is 3.32. The van der Waals surface area contributed by atoms with E-state index in [0.29, 0.717) is 0 Å². The van der Waals surface area contributed by atoms with E-state index in [2.05, 4.69) is 15.0 Å². The van der Waals surface area contributed by atoms with Crippen molar-refractivity contribution in [1.29, 1.82) is 0 Å². The summed E-state index contributed by atoms with van der Waals surface area (Å²) >= 11 is 0. The van der Waals surface area contributed by atoms with Crippen LogP contribution < -0.4 is 0 Å². The van der Waals surface area contributed by atoms with Crippen molar-refractivity contribution in [1.82, 2.24) is 19.5 Å². The Balaban J connectivity index is 2.28. The number of hydrogen-bond donors (Lipinski definition) is 0. The van der Waals surface area contributed by atoms with Gasteiger partial charge in [0.1, 0.15) is 22.9 Å². The van der Waals surface area contributed by atoms with Gasteiger partial charge in [-0.1, -0.05) is 42.5 Å². The maximum absolute atomic E-state index is 4.60. The monoisotopic (exact) mass is 264 g/mol. The Morgan fingerprint density at radius 3 is 2.50 bits per heavy atom. The first-order valence-corrected chi connectivity index (χ1v) is 6.56. The van der Waals surface area contributed by atoms with Gasteiger partial charge in [0.15, 0.2) is 5.65 Å². The normalized spacial score (nSPS) is 21.9. The zero-order chi connectivity index (χ0) is 14.1. The van der Waals surface area contributed by atoms with Crippen molar-refractivity contribution >= 4 is 16.7 Å². The summed E-state index contributed by atoms with van der Waals surface area (Å²) in [5, 5.41) is 0. The van der Waals surface area contributed by atoms with Crippen LogP contribution in [0, 0.1) is 13.8 Å². The van der Waals surface area contributed by atoms with E-state index in [0.717, 1.165) is 34.1 Å². The average molecular weight is 264 g/mol. The Morgan fingerprint density at radius 1 is 0.900 bits per heavy atom. The van der Waals surface area contributed by atoms with E-state index in [1.807, 2.05) is 68.0 Å². The second-order valence-electron chi connectivity index (χ2n) is 4.76. The number of hydrogen-bond acceptors (Lipinski definition) is 3. The van der Waals surface area contributed by atoms with Gasteiger partial charge in [-0.15, -0.1) is 0 Å². The van der Waals surface area contributed by atoms with Gasteiger partial charge < -0.3 is 4.57 Å². The van der Waals surface area contributed by atoms with Gasteiger partial charge in [0.2, 0.25) is 0 Å². The lowest BCUT2D eigenvalue weighted by molar-refractivity contribution is 0.868. The summed E-state index contributed by atoms with van der Waals surface area (Å²) in [4.78, 5) is 13.7. The molecule has 0 spiro atoms. The van der Waals surface area contributed by atoms with E-state index in [1.54, 1.807) is 0 Å². The first-order valence-electron chi connectivity index (χ1n) is 6.56. The largest absolute Gasteiger partial charge is 0.316 e. The molecule has 1 aliphatic carbocycles. The molecular formula is C16H16N4. The highest BCUT2D eigenvalue weighted by Gasteiger charge is 2.14. The van der Waals surface area contributed by atoms with Gasteiger partial charge in [-0.2, -0.15) is 0 Å². The van der Waals surface area contributed by atoms with Gasteiger partial charge in [0.05, 0.1) is 0 Å². The summed E-state index contributed by atoms with van der Waals surface area (Å²) in [6.07, 6.45) is 14.1. The molecule has 0 saturated heterocycles. The second-order valence-corrected chi connectivity index (χ2v) is 4.76. The van der Waals surface area contributed by atoms with Crippen LogP contribution in [0.4, 0.5) is 0 Å². The molecule has 0 amide bonds. The van der Waals surface area contributed by atoms with Crippen LogP contribution in [-0.2, 0) is 7.05 Å². The van der Waals surface area contributed by atoms with Crippen molar-refractivity contribution in [2.24, 2.45) is 7.05 Å². The van der Waals surface area contributed by atoms with Gasteiger partial charge in [-0.05, 0) is 13.8 Å². The zero-order valence-electron chi connectivity index (χ0n) is 11.8. The molecular weight excluding hydrogens is 248 g/mol. The minimum Gasteiger partial charge on any atom is -0.316 e. The van der Waals surface area contributed by atoms with Crippen molar-refractivity contribution in [2.45, 2.75) is 13.8 Å². The molecule has 2 aromatic heterocycles. The number of imidazole rings is 1. The molecule has 4 nitrogen and oxygen atoms in total. The molecule has 0 fully saturated rings. The standard InChI is InChI=1S/C16H16N4/c1-11-17-14(13-9-7-5-4-6-8-10-13)15-16(18-11)20(3)12(2)19-15/h4-10H,1-3H3/b5-4-,6-4?,7-5?,8-6-,9-7-,10-8?,13-9?,13-10+. The van der Waals surface area contributed by atoms with Crippen molar-refractivity contribution < 1.29 is 0 Å². The van der Waals surface area contributed by atoms with E-state index in [1.165, 1.54) is 0 Å². The third-order valence-electron chi connectivity index (χ3n) is 3.32. The minimum absolute atomic E-state index is 0.756. The summed E-state index contributed by atoms with van der Waals surface area (Å²) < 4.78 is 2.00. The minimum atomic E-state index is 0.756. The molecule has 0 radical (unpaired) electrons. The van der Waals surface area contributed by atoms with Crippen LogP contribution in [-0.4, -0.2) is 19.5 Å². The van der Waals surface area contributed by atoms with E-state index < -0.39 is 0 Å². The first-order chi connectivity index (χ1) is 9.66. The zero-order valence-corrected chi connectivity index (χ0v) is 11.8. The van der Waals surface area contributed by atoms with Crippen LogP contribution in [0.1, 0.15) is 17.3 Å². The maximum atomic E-state index is 4.60. The van der Waals surface area contributed by atoms with Crippen molar-refractivity contribution in [2.75, 3.05) is 0 Å². The van der Waals surface area contributed by atoms with E-state index >= 15 is 0 Å². The molecule has 0 aliphatic heterocycles. The Morgan fingerprint density at radius 2 is 1.65 bits per heavy atom. The predicted molar refractivity (Wildman–Crippen MR) is 81.2 cm³/mol. The number of rotatable bonds is 1. The maximum Gasteiger partial charge on any atom is 0.164 e. The molecule has 20 heavy (non-hydrogen) atoms. The van der Waals surface area contributed by atoms with Gasteiger partial charge in [0.25, 0.3) is 0 Å². The summed E-state index contributed by atoms with van der Waals surface area (Å²) in [6, 6.07) is 0. The molecule has 4 heteroatoms. The lowest BCUT2D eigenvalue weighted by Crippen LogP contribution is -1.99. The number of aryl methyl sites for hydroxylation is 3. The Kier molecular flexibility index (Phi) is 3.06. The van der Waals surface area contributed by atoms with E-state index in [-0.39, 0.29) is 0 Å². The molecule has 0 atom stereocenters. The van der Waals surface area contributed by atoms with Crippen LogP contribution in [0.2, 0.25) is 0 Å². The van der Waals surface area contributed by atoms with Crippen LogP contribution in [0.3, 0.4) is 0 Å². The lowest BCUT2D eigenvalue weighted by Gasteiger charge is -2.05. The molecule has 0 saturated carbocycles. The van der Waals surface area contributed by atoms with E-state index in [9.17, 15) is 0 Å². The molecule has 3 rings (SSSR count). The summed E-state index contributed by atoms with van der Waals surface area (Å²) in [7, 11) is 1.98. The van der Waals surface area contributed by atoms with Gasteiger partial charge >= 0.3 is 0 Å². The van der Waals surface area contributed by atoms with E-state index in [4.69, 9.17) is 0 Å². The average Bonchev–Trinajstić information content (AvgIpc) is 2.65. The molecule has 0 unspecified atom stereocenters. The molecule has 1 aliphatic rings. The smallest absolute Gasteiger partial charge is 0.164 e. The highest BCUT2D eigenvalue weighted by Crippen LogP contribution is 2.24. The van der Waals surface area contributed by atoms with Crippen LogP contribution in [0.15, 0.2) is 42.5 Å². The van der Waals surface area contributed by atoms with Gasteiger partial charge in [0, 0.05) is 12.6 Å². The van der Waals surface area contributed by atoms with Gasteiger partial charge in [-0.3, -0.25) is 0 Å². The Labute approximate surface area is 117 Å². The second kappa shape index (κ2) is 4.89. The Hall–Kier alpha value is -2.49. The third kappa shape index (κ3) is 2.09. The topological polar surface area (TPSA) is 43.6 Å². The SMILES string of the molecule is Cc1nc(C2=C/C=C\C=C/C=C\2)c2nc(C)n(C)c2n1. The molecule has 2 heterocycles. The van der Waals surface area contributed by atoms with Crippen molar-refractivity contribution in [3.63, 3.8) is 0 Å². The Bertz CT molecular complexity index is 788.